The molecule has 20 heavy (non-hydrogen) atoms. The van der Waals surface area contributed by atoms with Crippen molar-refractivity contribution >= 4 is 51.0 Å². The predicted octanol–water partition coefficient (Wildman–Crippen LogP) is 1.79. The zero-order chi connectivity index (χ0) is 14.5. The van der Waals surface area contributed by atoms with Gasteiger partial charge >= 0.3 is 5.97 Å². The molecule has 1 amide bonds. The molecule has 8 heteroatoms. The Morgan fingerprint density at radius 1 is 1.55 bits per heavy atom. The quantitative estimate of drug-likeness (QED) is 0.509. The van der Waals surface area contributed by atoms with Crippen LogP contribution < -0.4 is 5.32 Å². The van der Waals surface area contributed by atoms with Crippen molar-refractivity contribution in [2.75, 3.05) is 12.9 Å². The van der Waals surface area contributed by atoms with Crippen LogP contribution >= 0.6 is 27.7 Å². The predicted molar refractivity (Wildman–Crippen MR) is 81.1 cm³/mol. The number of thioether (sulfide) groups is 1. The molecule has 1 aliphatic rings. The first-order chi connectivity index (χ1) is 9.61. The molecule has 1 heterocycles. The Hall–Kier alpha value is -1.67. The number of carbonyl (C=O) groups is 2. The third-order valence-electron chi connectivity index (χ3n) is 2.37. The number of halogens is 1. The first-order valence-corrected chi connectivity index (χ1v) is 7.30. The number of methoxy groups -OCH3 is 1. The molecule has 1 fully saturated rings. The molecule has 0 aromatic heterocycles. The zero-order valence-corrected chi connectivity index (χ0v) is 12.8. The van der Waals surface area contributed by atoms with Crippen molar-refractivity contribution in [2.24, 2.45) is 10.2 Å². The van der Waals surface area contributed by atoms with Crippen LogP contribution in [0.15, 0.2) is 32.9 Å². The lowest BCUT2D eigenvalue weighted by Gasteiger charge is -2.05. The lowest BCUT2D eigenvalue weighted by molar-refractivity contribution is -0.116. The second-order valence-corrected chi connectivity index (χ2v) is 5.50. The van der Waals surface area contributed by atoms with Crippen LogP contribution in [-0.2, 0) is 9.53 Å². The van der Waals surface area contributed by atoms with E-state index in [1.807, 2.05) is 0 Å². The highest BCUT2D eigenvalue weighted by atomic mass is 79.9. The van der Waals surface area contributed by atoms with Crippen LogP contribution in [0, 0.1) is 0 Å². The molecule has 1 N–H and O–H groups in total. The second kappa shape index (κ2) is 6.67. The lowest BCUT2D eigenvalue weighted by Crippen LogP contribution is -2.19. The molecule has 6 nitrogen and oxygen atoms in total. The van der Waals surface area contributed by atoms with E-state index in [0.29, 0.717) is 26.5 Å². The number of carbonyl (C=O) groups excluding carboxylic acids is 2. The minimum Gasteiger partial charge on any atom is -0.465 e. The Bertz CT molecular complexity index is 616. The van der Waals surface area contributed by atoms with Gasteiger partial charge in [0.15, 0.2) is 5.17 Å². The van der Waals surface area contributed by atoms with Gasteiger partial charge in [0.05, 0.1) is 24.6 Å². The molecule has 0 unspecified atom stereocenters. The van der Waals surface area contributed by atoms with E-state index in [2.05, 4.69) is 31.4 Å². The second-order valence-electron chi connectivity index (χ2n) is 3.68. The highest BCUT2D eigenvalue weighted by Crippen LogP contribution is 2.20. The smallest absolute Gasteiger partial charge is 0.339 e. The molecule has 1 aliphatic heterocycles. The number of ether oxygens (including phenoxy) is 1. The Labute approximate surface area is 127 Å². The molecule has 104 valence electrons. The third-order valence-corrected chi connectivity index (χ3v) is 3.89. The molecule has 2 rings (SSSR count). The van der Waals surface area contributed by atoms with Crippen LogP contribution in [0.5, 0.6) is 0 Å². The fourth-order valence-corrected chi connectivity index (χ4v) is 2.66. The van der Waals surface area contributed by atoms with Gasteiger partial charge in [-0.25, -0.2) is 4.79 Å². The average Bonchev–Trinajstić information content (AvgIpc) is 2.84. The van der Waals surface area contributed by atoms with Crippen molar-refractivity contribution in [2.45, 2.75) is 0 Å². The summed E-state index contributed by atoms with van der Waals surface area (Å²) >= 11 is 4.57. The summed E-state index contributed by atoms with van der Waals surface area (Å²) in [6, 6.07) is 5.24. The van der Waals surface area contributed by atoms with E-state index in [4.69, 9.17) is 4.74 Å². The van der Waals surface area contributed by atoms with Gasteiger partial charge < -0.3 is 10.1 Å². The summed E-state index contributed by atoms with van der Waals surface area (Å²) in [5, 5.41) is 10.8. The van der Waals surface area contributed by atoms with Crippen LogP contribution in [0.4, 0.5) is 0 Å². The summed E-state index contributed by atoms with van der Waals surface area (Å²) in [5.41, 5.74) is 0.951. The third kappa shape index (κ3) is 3.45. The van der Waals surface area contributed by atoms with Gasteiger partial charge in [0.2, 0.25) is 5.91 Å². The summed E-state index contributed by atoms with van der Waals surface area (Å²) in [6.07, 6.45) is 1.44. The molecule has 1 aromatic rings. The van der Waals surface area contributed by atoms with Crippen molar-refractivity contribution in [3.05, 3.63) is 33.8 Å². The van der Waals surface area contributed by atoms with E-state index < -0.39 is 5.97 Å². The largest absolute Gasteiger partial charge is 0.465 e. The van der Waals surface area contributed by atoms with E-state index in [0.717, 1.165) is 0 Å². The van der Waals surface area contributed by atoms with Gasteiger partial charge in [-0.15, -0.1) is 5.10 Å². The highest BCUT2D eigenvalue weighted by molar-refractivity contribution is 9.10. The van der Waals surface area contributed by atoms with E-state index in [9.17, 15) is 9.59 Å². The Balaban J connectivity index is 2.23. The summed E-state index contributed by atoms with van der Waals surface area (Å²) in [5.74, 6) is -0.213. The van der Waals surface area contributed by atoms with Gasteiger partial charge in [-0.3, -0.25) is 4.79 Å². The van der Waals surface area contributed by atoms with Gasteiger partial charge in [-0.1, -0.05) is 23.9 Å². The Morgan fingerprint density at radius 2 is 2.35 bits per heavy atom. The molecule has 0 spiro atoms. The van der Waals surface area contributed by atoms with Crippen LogP contribution in [0.2, 0.25) is 0 Å². The van der Waals surface area contributed by atoms with Gasteiger partial charge in [0.1, 0.15) is 0 Å². The van der Waals surface area contributed by atoms with Gasteiger partial charge in [0, 0.05) is 10.0 Å². The summed E-state index contributed by atoms with van der Waals surface area (Å²) < 4.78 is 5.34. The van der Waals surface area contributed by atoms with Gasteiger partial charge in [0.25, 0.3) is 0 Å². The number of esters is 1. The van der Waals surface area contributed by atoms with Crippen LogP contribution in [0.1, 0.15) is 15.9 Å². The number of amides is 1. The van der Waals surface area contributed by atoms with Crippen LogP contribution in [0.25, 0.3) is 0 Å². The summed E-state index contributed by atoms with van der Waals surface area (Å²) in [4.78, 5) is 22.7. The maximum atomic E-state index is 11.7. The van der Waals surface area contributed by atoms with Crippen molar-refractivity contribution in [3.63, 3.8) is 0 Å². The van der Waals surface area contributed by atoms with E-state index in [-0.39, 0.29) is 5.91 Å². The standard InChI is InChI=1S/C12H10BrN3O3S/c1-19-11(18)10-7(3-2-4-8(10)13)5-14-16-12-15-9(17)6-20-12/h2-5H,6H2,1H3,(H,15,16,17). The fourth-order valence-electron chi connectivity index (χ4n) is 1.49. The van der Waals surface area contributed by atoms with Crippen molar-refractivity contribution < 1.29 is 14.3 Å². The number of hydrogen-bond acceptors (Lipinski definition) is 6. The van der Waals surface area contributed by atoms with E-state index in [1.165, 1.54) is 25.1 Å². The highest BCUT2D eigenvalue weighted by Gasteiger charge is 2.16. The fraction of sp³-hybridized carbons (Fsp3) is 0.167. The summed E-state index contributed by atoms with van der Waals surface area (Å²) in [6.45, 7) is 0. The minimum absolute atomic E-state index is 0.0957. The van der Waals surface area contributed by atoms with E-state index >= 15 is 0 Å². The monoisotopic (exact) mass is 355 g/mol. The Morgan fingerprint density at radius 3 is 3.00 bits per heavy atom. The van der Waals surface area contributed by atoms with E-state index in [1.54, 1.807) is 18.2 Å². The first kappa shape index (κ1) is 14.7. The van der Waals surface area contributed by atoms with Gasteiger partial charge in [-0.2, -0.15) is 5.10 Å². The zero-order valence-electron chi connectivity index (χ0n) is 10.4. The van der Waals surface area contributed by atoms with Crippen molar-refractivity contribution in [3.8, 4) is 0 Å². The maximum Gasteiger partial charge on any atom is 0.339 e. The number of nitrogens with one attached hydrogen (secondary N) is 1. The molecule has 0 saturated carbocycles. The SMILES string of the molecule is COC(=O)c1c(Br)cccc1C=NN=C1NC(=O)CS1. The van der Waals surface area contributed by atoms with Gasteiger partial charge in [-0.05, 0) is 22.0 Å². The average molecular weight is 356 g/mol. The number of rotatable bonds is 3. The number of nitrogens with zero attached hydrogens (tertiary/aromatic N) is 2. The topological polar surface area (TPSA) is 80.1 Å². The van der Waals surface area contributed by atoms with Crippen LogP contribution in [-0.4, -0.2) is 36.1 Å². The molecule has 1 saturated heterocycles. The first-order valence-electron chi connectivity index (χ1n) is 5.52. The molecular weight excluding hydrogens is 346 g/mol. The molecule has 0 atom stereocenters. The molecule has 0 bridgehead atoms. The van der Waals surface area contributed by atoms with Crippen molar-refractivity contribution in [1.29, 1.82) is 0 Å². The lowest BCUT2D eigenvalue weighted by atomic mass is 10.1. The van der Waals surface area contributed by atoms with Crippen LogP contribution in [0.3, 0.4) is 0 Å². The minimum atomic E-state index is -0.463. The molecule has 0 aliphatic carbocycles. The number of hydrogen-bond donors (Lipinski definition) is 1. The van der Waals surface area contributed by atoms with Crippen molar-refractivity contribution in [1.82, 2.24) is 5.32 Å². The normalized spacial score (nSPS) is 16.7. The maximum absolute atomic E-state index is 11.7. The Kier molecular flexibility index (Phi) is 4.91. The summed E-state index contributed by atoms with van der Waals surface area (Å²) in [7, 11) is 1.31. The molecule has 1 aromatic carbocycles. The molecular formula is C12H10BrN3O3S. The number of benzene rings is 1. The molecule has 0 radical (unpaired) electrons. The number of amidine groups is 1.